The first-order chi connectivity index (χ1) is 7.31. The first-order valence-electron chi connectivity index (χ1n) is 5.03. The number of hydrogen-bond acceptors (Lipinski definition) is 1. The van der Waals surface area contributed by atoms with Crippen LogP contribution in [0.15, 0.2) is 30.5 Å². The van der Waals surface area contributed by atoms with Crippen molar-refractivity contribution in [1.82, 2.24) is 4.57 Å². The molecule has 0 atom stereocenters. The quantitative estimate of drug-likeness (QED) is 0.592. The average Bonchev–Trinajstić information content (AvgIpc) is 2.61. The standard InChI is InChI=1S/C13H14N2/c1-3-4-8-14-12-5-6-13-11(10-12)7-9-15(13)2/h1,5-7,9-10,14H,4,8H2,2H3. The summed E-state index contributed by atoms with van der Waals surface area (Å²) in [6.07, 6.45) is 8.02. The Morgan fingerprint density at radius 1 is 1.40 bits per heavy atom. The molecule has 0 aliphatic carbocycles. The van der Waals surface area contributed by atoms with Crippen molar-refractivity contribution in [2.75, 3.05) is 11.9 Å². The van der Waals surface area contributed by atoms with Crippen molar-refractivity contribution in [2.24, 2.45) is 7.05 Å². The minimum absolute atomic E-state index is 0.757. The molecule has 2 heteroatoms. The second-order valence-corrected chi connectivity index (χ2v) is 3.58. The van der Waals surface area contributed by atoms with Gasteiger partial charge in [-0.2, -0.15) is 0 Å². The van der Waals surface area contributed by atoms with Gasteiger partial charge in [0.2, 0.25) is 0 Å². The Morgan fingerprint density at radius 2 is 2.27 bits per heavy atom. The highest BCUT2D eigenvalue weighted by molar-refractivity contribution is 5.83. The van der Waals surface area contributed by atoms with Crippen molar-refractivity contribution in [3.05, 3.63) is 30.5 Å². The van der Waals surface area contributed by atoms with Crippen molar-refractivity contribution in [3.63, 3.8) is 0 Å². The van der Waals surface area contributed by atoms with Crippen molar-refractivity contribution in [1.29, 1.82) is 0 Å². The van der Waals surface area contributed by atoms with E-state index in [0.29, 0.717) is 0 Å². The van der Waals surface area contributed by atoms with Gasteiger partial charge in [-0.05, 0) is 24.3 Å². The minimum atomic E-state index is 0.757. The monoisotopic (exact) mass is 198 g/mol. The molecule has 1 aromatic carbocycles. The summed E-state index contributed by atoms with van der Waals surface area (Å²) in [6.45, 7) is 0.828. The molecule has 1 N–H and O–H groups in total. The van der Waals surface area contributed by atoms with Gasteiger partial charge in [-0.15, -0.1) is 12.3 Å². The molecule has 0 fully saturated rings. The van der Waals surface area contributed by atoms with Crippen LogP contribution in [-0.4, -0.2) is 11.1 Å². The van der Waals surface area contributed by atoms with Gasteiger partial charge in [0.15, 0.2) is 0 Å². The summed E-state index contributed by atoms with van der Waals surface area (Å²) in [5.74, 6) is 2.61. The zero-order valence-corrected chi connectivity index (χ0v) is 8.83. The molecule has 1 heterocycles. The van der Waals surface area contributed by atoms with E-state index in [2.05, 4.69) is 46.3 Å². The van der Waals surface area contributed by atoms with Crippen molar-refractivity contribution in [3.8, 4) is 12.3 Å². The molecule has 2 rings (SSSR count). The van der Waals surface area contributed by atoms with E-state index in [1.54, 1.807) is 0 Å². The number of nitrogens with one attached hydrogen (secondary N) is 1. The van der Waals surface area contributed by atoms with Crippen LogP contribution in [0.1, 0.15) is 6.42 Å². The highest BCUT2D eigenvalue weighted by atomic mass is 14.9. The Hall–Kier alpha value is -1.88. The van der Waals surface area contributed by atoms with Crippen LogP contribution in [0.2, 0.25) is 0 Å². The van der Waals surface area contributed by atoms with Crippen molar-refractivity contribution < 1.29 is 0 Å². The first-order valence-corrected chi connectivity index (χ1v) is 5.03. The van der Waals surface area contributed by atoms with Crippen LogP contribution in [-0.2, 0) is 7.05 Å². The predicted molar refractivity (Wildman–Crippen MR) is 64.9 cm³/mol. The van der Waals surface area contributed by atoms with Gasteiger partial charge in [-0.1, -0.05) is 0 Å². The lowest BCUT2D eigenvalue weighted by Gasteiger charge is -2.04. The maximum absolute atomic E-state index is 5.19. The molecule has 2 aromatic rings. The van der Waals surface area contributed by atoms with E-state index in [9.17, 15) is 0 Å². The highest BCUT2D eigenvalue weighted by Gasteiger charge is 1.98. The number of anilines is 1. The van der Waals surface area contributed by atoms with E-state index in [0.717, 1.165) is 18.7 Å². The van der Waals surface area contributed by atoms with Gasteiger partial charge in [0.05, 0.1) is 0 Å². The fraction of sp³-hybridized carbons (Fsp3) is 0.231. The second kappa shape index (κ2) is 4.10. The second-order valence-electron chi connectivity index (χ2n) is 3.58. The Balaban J connectivity index is 2.20. The van der Waals surface area contributed by atoms with E-state index in [1.165, 1.54) is 10.9 Å². The van der Waals surface area contributed by atoms with Gasteiger partial charge >= 0.3 is 0 Å². The molecule has 0 unspecified atom stereocenters. The topological polar surface area (TPSA) is 17.0 Å². The molecular formula is C13H14N2. The summed E-state index contributed by atoms with van der Waals surface area (Å²) in [5, 5.41) is 4.55. The SMILES string of the molecule is C#CCCNc1ccc2c(ccn2C)c1. The third kappa shape index (κ3) is 1.97. The smallest absolute Gasteiger partial charge is 0.0479 e. The first kappa shape index (κ1) is 9.67. The molecule has 0 bridgehead atoms. The summed E-state index contributed by atoms with van der Waals surface area (Å²) >= 11 is 0. The summed E-state index contributed by atoms with van der Waals surface area (Å²) in [4.78, 5) is 0. The summed E-state index contributed by atoms with van der Waals surface area (Å²) < 4.78 is 2.11. The van der Waals surface area contributed by atoms with E-state index < -0.39 is 0 Å². The maximum Gasteiger partial charge on any atom is 0.0479 e. The third-order valence-corrected chi connectivity index (χ3v) is 2.48. The van der Waals surface area contributed by atoms with Crippen LogP contribution in [0.4, 0.5) is 5.69 Å². The number of aromatic nitrogens is 1. The summed E-state index contributed by atoms with van der Waals surface area (Å²) in [7, 11) is 2.05. The molecule has 0 saturated carbocycles. The lowest BCUT2D eigenvalue weighted by Crippen LogP contribution is -1.99. The van der Waals surface area contributed by atoms with Gasteiger partial charge in [0, 0.05) is 42.8 Å². The number of hydrogen-bond donors (Lipinski definition) is 1. The number of nitrogens with zero attached hydrogens (tertiary/aromatic N) is 1. The molecule has 0 saturated heterocycles. The fourth-order valence-corrected chi connectivity index (χ4v) is 1.67. The molecule has 1 aromatic heterocycles. The van der Waals surface area contributed by atoms with Crippen LogP contribution in [0, 0.1) is 12.3 Å². The van der Waals surface area contributed by atoms with Gasteiger partial charge in [-0.3, -0.25) is 0 Å². The van der Waals surface area contributed by atoms with Crippen LogP contribution in [0.25, 0.3) is 10.9 Å². The molecule has 2 nitrogen and oxygen atoms in total. The molecule has 0 aliphatic heterocycles. The van der Waals surface area contributed by atoms with Crippen LogP contribution >= 0.6 is 0 Å². The highest BCUT2D eigenvalue weighted by Crippen LogP contribution is 2.19. The van der Waals surface area contributed by atoms with Crippen molar-refractivity contribution >= 4 is 16.6 Å². The lowest BCUT2D eigenvalue weighted by atomic mass is 10.2. The lowest BCUT2D eigenvalue weighted by molar-refractivity contribution is 0.969. The number of fused-ring (bicyclic) bond motifs is 1. The average molecular weight is 198 g/mol. The van der Waals surface area contributed by atoms with Crippen LogP contribution in [0.3, 0.4) is 0 Å². The van der Waals surface area contributed by atoms with Gasteiger partial charge in [0.25, 0.3) is 0 Å². The van der Waals surface area contributed by atoms with Crippen LogP contribution < -0.4 is 5.32 Å². The number of benzene rings is 1. The number of aryl methyl sites for hydroxylation is 1. The molecule has 0 aliphatic rings. The molecule has 0 radical (unpaired) electrons. The fourth-order valence-electron chi connectivity index (χ4n) is 1.67. The number of terminal acetylenes is 1. The molecular weight excluding hydrogens is 184 g/mol. The van der Waals surface area contributed by atoms with Gasteiger partial charge in [0.1, 0.15) is 0 Å². The van der Waals surface area contributed by atoms with E-state index in [4.69, 9.17) is 6.42 Å². The normalized spacial score (nSPS) is 10.1. The molecule has 15 heavy (non-hydrogen) atoms. The largest absolute Gasteiger partial charge is 0.384 e. The maximum atomic E-state index is 5.19. The summed E-state index contributed by atoms with van der Waals surface area (Å²) in [6, 6.07) is 8.46. The van der Waals surface area contributed by atoms with Gasteiger partial charge in [-0.25, -0.2) is 0 Å². The zero-order chi connectivity index (χ0) is 10.7. The molecule has 76 valence electrons. The predicted octanol–water partition coefficient (Wildman–Crippen LogP) is 2.61. The minimum Gasteiger partial charge on any atom is -0.384 e. The Bertz CT molecular complexity index is 503. The van der Waals surface area contributed by atoms with Crippen molar-refractivity contribution in [2.45, 2.75) is 6.42 Å². The summed E-state index contributed by atoms with van der Waals surface area (Å²) in [5.41, 5.74) is 2.38. The van der Waals surface area contributed by atoms with E-state index in [-0.39, 0.29) is 0 Å². The van der Waals surface area contributed by atoms with E-state index in [1.807, 2.05) is 7.05 Å². The Kier molecular flexibility index (Phi) is 2.64. The third-order valence-electron chi connectivity index (χ3n) is 2.48. The van der Waals surface area contributed by atoms with E-state index >= 15 is 0 Å². The van der Waals surface area contributed by atoms with Gasteiger partial charge < -0.3 is 9.88 Å². The molecule has 0 spiro atoms. The Morgan fingerprint density at radius 3 is 3.07 bits per heavy atom. The zero-order valence-electron chi connectivity index (χ0n) is 8.83. The van der Waals surface area contributed by atoms with Crippen LogP contribution in [0.5, 0.6) is 0 Å². The number of rotatable bonds is 3. The Labute approximate surface area is 89.9 Å². The molecule has 0 amide bonds.